The van der Waals surface area contributed by atoms with Crippen LogP contribution in [0.5, 0.6) is 11.5 Å². The lowest BCUT2D eigenvalue weighted by Crippen LogP contribution is -2.25. The number of para-hydroxylation sites is 5. The largest absolute Gasteiger partial charge is 0.457 e. The van der Waals surface area contributed by atoms with E-state index in [1.165, 1.54) is 50.8 Å². The van der Waals surface area contributed by atoms with E-state index in [0.717, 1.165) is 29.5 Å². The SMILES string of the molecule is CC(C)(C)c1ccc(-c2ccccc2)c(N2CN(c3cccc(Oc4cccc(N5CN(c6ccccc6)c6ccccc65)c4)c3)c3ccccc32)c1. The fourth-order valence-corrected chi connectivity index (χ4v) is 7.55. The number of rotatable bonds is 7. The molecule has 0 atom stereocenters. The lowest BCUT2D eigenvalue weighted by molar-refractivity contribution is 0.483. The van der Waals surface area contributed by atoms with E-state index in [-0.39, 0.29) is 5.41 Å². The van der Waals surface area contributed by atoms with Crippen LogP contribution in [0.3, 0.4) is 0 Å². The molecule has 0 aromatic heterocycles. The summed E-state index contributed by atoms with van der Waals surface area (Å²) >= 11 is 0. The van der Waals surface area contributed by atoms with Gasteiger partial charge in [0.1, 0.15) is 24.8 Å². The van der Waals surface area contributed by atoms with Crippen molar-refractivity contribution in [2.75, 3.05) is 32.9 Å². The predicted octanol–water partition coefficient (Wildman–Crippen LogP) is 12.9. The Hall–Kier alpha value is -6.46. The highest BCUT2D eigenvalue weighted by Crippen LogP contribution is 2.49. The first-order valence-corrected chi connectivity index (χ1v) is 18.3. The summed E-state index contributed by atoms with van der Waals surface area (Å²) < 4.78 is 6.63. The minimum atomic E-state index is 0.0192. The lowest BCUT2D eigenvalue weighted by atomic mass is 9.85. The Bertz CT molecular complexity index is 2400. The third-order valence-corrected chi connectivity index (χ3v) is 10.3. The van der Waals surface area contributed by atoms with Gasteiger partial charge in [0.15, 0.2) is 0 Å². The molecule has 0 aliphatic carbocycles. The van der Waals surface area contributed by atoms with Crippen molar-refractivity contribution in [1.29, 1.82) is 0 Å². The van der Waals surface area contributed by atoms with Crippen LogP contribution < -0.4 is 24.3 Å². The van der Waals surface area contributed by atoms with Crippen LogP contribution in [0.1, 0.15) is 26.3 Å². The van der Waals surface area contributed by atoms with Crippen LogP contribution in [0.4, 0.5) is 45.5 Å². The second-order valence-electron chi connectivity index (χ2n) is 14.8. The molecule has 0 spiro atoms. The molecule has 7 aromatic rings. The van der Waals surface area contributed by atoms with Crippen molar-refractivity contribution in [2.24, 2.45) is 0 Å². The summed E-state index contributed by atoms with van der Waals surface area (Å²) in [5, 5.41) is 0. The zero-order valence-corrected chi connectivity index (χ0v) is 30.4. The Balaban J connectivity index is 1.02. The Morgan fingerprint density at radius 1 is 0.396 bits per heavy atom. The van der Waals surface area contributed by atoms with E-state index in [2.05, 4.69) is 204 Å². The fraction of sp³-hybridized carbons (Fsp3) is 0.125. The molecule has 5 nitrogen and oxygen atoms in total. The van der Waals surface area contributed by atoms with E-state index in [1.54, 1.807) is 0 Å². The number of anilines is 8. The average molecular weight is 691 g/mol. The van der Waals surface area contributed by atoms with Gasteiger partial charge in [-0.15, -0.1) is 0 Å². The molecule has 260 valence electrons. The highest BCUT2D eigenvalue weighted by atomic mass is 16.5. The molecule has 9 rings (SSSR count). The monoisotopic (exact) mass is 690 g/mol. The Labute approximate surface area is 312 Å². The first kappa shape index (κ1) is 32.4. The number of ether oxygens (including phenoxy) is 1. The molecule has 0 saturated heterocycles. The molecule has 2 heterocycles. The zero-order chi connectivity index (χ0) is 35.9. The minimum Gasteiger partial charge on any atom is -0.457 e. The standard InChI is InChI=1S/C48H42N4O/c1-48(2,3)36-28-29-42(35-16-6-4-7-17-35)47(30-36)52-34-51(45-26-12-13-27-46(45)52)39-21-15-23-41(32-39)53-40-22-14-20-38(31-40)50-33-49(37-18-8-5-9-19-37)43-24-10-11-25-44(43)50/h4-32H,33-34H2,1-3H3. The molecular weight excluding hydrogens is 649 g/mol. The van der Waals surface area contributed by atoms with Gasteiger partial charge in [0.25, 0.3) is 0 Å². The summed E-state index contributed by atoms with van der Waals surface area (Å²) in [6.07, 6.45) is 0. The molecule has 0 radical (unpaired) electrons. The van der Waals surface area contributed by atoms with Gasteiger partial charge in [0.05, 0.1) is 28.4 Å². The summed E-state index contributed by atoms with van der Waals surface area (Å²) in [5.41, 5.74) is 13.0. The molecule has 0 amide bonds. The van der Waals surface area contributed by atoms with Gasteiger partial charge in [-0.1, -0.05) is 118 Å². The van der Waals surface area contributed by atoms with E-state index in [4.69, 9.17) is 4.74 Å². The van der Waals surface area contributed by atoms with Gasteiger partial charge in [-0.3, -0.25) is 0 Å². The zero-order valence-electron chi connectivity index (χ0n) is 30.4. The third-order valence-electron chi connectivity index (χ3n) is 10.3. The van der Waals surface area contributed by atoms with Crippen LogP contribution >= 0.6 is 0 Å². The summed E-state index contributed by atoms with van der Waals surface area (Å²) in [5.74, 6) is 1.59. The van der Waals surface area contributed by atoms with Gasteiger partial charge in [0, 0.05) is 34.8 Å². The topological polar surface area (TPSA) is 22.2 Å². The first-order valence-electron chi connectivity index (χ1n) is 18.3. The second kappa shape index (κ2) is 13.3. The number of fused-ring (bicyclic) bond motifs is 2. The Morgan fingerprint density at radius 3 is 1.40 bits per heavy atom. The van der Waals surface area contributed by atoms with Gasteiger partial charge < -0.3 is 24.3 Å². The van der Waals surface area contributed by atoms with Crippen LogP contribution in [-0.2, 0) is 5.41 Å². The first-order chi connectivity index (χ1) is 25.9. The van der Waals surface area contributed by atoms with Gasteiger partial charge in [-0.05, 0) is 83.3 Å². The van der Waals surface area contributed by atoms with E-state index in [1.807, 2.05) is 12.1 Å². The van der Waals surface area contributed by atoms with Crippen LogP contribution in [0, 0.1) is 0 Å². The highest BCUT2D eigenvalue weighted by molar-refractivity contribution is 5.92. The average Bonchev–Trinajstić information content (AvgIpc) is 3.78. The molecule has 5 heteroatoms. The van der Waals surface area contributed by atoms with Crippen molar-refractivity contribution in [3.05, 3.63) is 181 Å². The van der Waals surface area contributed by atoms with Crippen molar-refractivity contribution in [1.82, 2.24) is 0 Å². The van der Waals surface area contributed by atoms with E-state index >= 15 is 0 Å². The smallest absolute Gasteiger partial charge is 0.129 e. The maximum atomic E-state index is 6.63. The molecule has 0 bridgehead atoms. The van der Waals surface area contributed by atoms with Crippen molar-refractivity contribution < 1.29 is 4.74 Å². The molecule has 0 fully saturated rings. The molecule has 7 aromatic carbocycles. The summed E-state index contributed by atoms with van der Waals surface area (Å²) in [6, 6.07) is 62.4. The number of nitrogens with zero attached hydrogens (tertiary/aromatic N) is 4. The molecule has 0 unspecified atom stereocenters. The summed E-state index contributed by atoms with van der Waals surface area (Å²) in [4.78, 5) is 9.54. The van der Waals surface area contributed by atoms with Crippen LogP contribution in [0.15, 0.2) is 176 Å². The number of hydrogen-bond acceptors (Lipinski definition) is 5. The van der Waals surface area contributed by atoms with Gasteiger partial charge in [-0.2, -0.15) is 0 Å². The highest BCUT2D eigenvalue weighted by Gasteiger charge is 2.31. The van der Waals surface area contributed by atoms with Crippen molar-refractivity contribution in [3.8, 4) is 22.6 Å². The maximum absolute atomic E-state index is 6.63. The molecule has 0 N–H and O–H groups in total. The van der Waals surface area contributed by atoms with Crippen LogP contribution in [0.25, 0.3) is 11.1 Å². The van der Waals surface area contributed by atoms with E-state index < -0.39 is 0 Å². The Kier molecular flexibility index (Phi) is 8.12. The van der Waals surface area contributed by atoms with Gasteiger partial charge in [0.2, 0.25) is 0 Å². The van der Waals surface area contributed by atoms with Gasteiger partial charge in [-0.25, -0.2) is 0 Å². The van der Waals surface area contributed by atoms with Crippen molar-refractivity contribution >= 4 is 45.5 Å². The molecule has 2 aliphatic rings. The third kappa shape index (κ3) is 6.14. The number of hydrogen-bond donors (Lipinski definition) is 0. The van der Waals surface area contributed by atoms with Gasteiger partial charge >= 0.3 is 0 Å². The quantitative estimate of drug-likeness (QED) is 0.166. The molecule has 0 saturated carbocycles. The fourth-order valence-electron chi connectivity index (χ4n) is 7.55. The summed E-state index contributed by atoms with van der Waals surface area (Å²) in [7, 11) is 0. The minimum absolute atomic E-state index is 0.0192. The molecular formula is C48H42N4O. The normalized spacial score (nSPS) is 13.6. The van der Waals surface area contributed by atoms with E-state index in [0.29, 0.717) is 6.67 Å². The molecule has 53 heavy (non-hydrogen) atoms. The number of benzene rings is 7. The van der Waals surface area contributed by atoms with Crippen molar-refractivity contribution in [2.45, 2.75) is 26.2 Å². The molecule has 2 aliphatic heterocycles. The van der Waals surface area contributed by atoms with Crippen LogP contribution in [0.2, 0.25) is 0 Å². The summed E-state index contributed by atoms with van der Waals surface area (Å²) in [6.45, 7) is 8.24. The predicted molar refractivity (Wildman–Crippen MR) is 221 cm³/mol. The van der Waals surface area contributed by atoms with Crippen LogP contribution in [-0.4, -0.2) is 13.3 Å². The second-order valence-corrected chi connectivity index (χ2v) is 14.8. The lowest BCUT2D eigenvalue weighted by Gasteiger charge is -2.27. The Morgan fingerprint density at radius 2 is 0.849 bits per heavy atom. The maximum Gasteiger partial charge on any atom is 0.129 e. The van der Waals surface area contributed by atoms with Crippen molar-refractivity contribution in [3.63, 3.8) is 0 Å². The van der Waals surface area contributed by atoms with E-state index in [9.17, 15) is 0 Å².